The number of ether oxygens (including phenoxy) is 1. The van der Waals surface area contributed by atoms with E-state index >= 15 is 0 Å². The van der Waals surface area contributed by atoms with E-state index in [0.717, 1.165) is 62.9 Å². The molecular weight excluding hydrogens is 555 g/mol. The summed E-state index contributed by atoms with van der Waals surface area (Å²) in [7, 11) is 3.42. The Morgan fingerprint density at radius 1 is 1.13 bits per heavy atom. The quantitative estimate of drug-likeness (QED) is 0.306. The standard InChI is InChI=1S/C29H30AsN6O3/c1-5-16-8-7-9-17(6-2)23(16)33-28(38)25-20-12-10-19-15-32-29(34-24(19)26(20)36(3)35-25)30-21-13-11-18(27(31)37)14-22(21)39-4/h7-9,11,13-15H,5-6,10,12H2,1-4H3,(H2,31,37)(H,33,38). The number of nitrogens with two attached hydrogens (primary N) is 1. The number of benzene rings is 2. The predicted octanol–water partition coefficient (Wildman–Crippen LogP) is 2.12. The first-order chi connectivity index (χ1) is 18.8. The van der Waals surface area contributed by atoms with Gasteiger partial charge in [-0.05, 0) is 0 Å². The maximum absolute atomic E-state index is 13.5. The number of primary amides is 1. The summed E-state index contributed by atoms with van der Waals surface area (Å²) in [6.45, 7) is 4.18. The number of fused-ring (bicyclic) bond motifs is 3. The van der Waals surface area contributed by atoms with Crippen molar-refractivity contribution in [2.45, 2.75) is 39.5 Å². The third kappa shape index (κ3) is 5.06. The van der Waals surface area contributed by atoms with Crippen LogP contribution in [0.2, 0.25) is 0 Å². The van der Waals surface area contributed by atoms with Crippen LogP contribution in [0.25, 0.3) is 11.4 Å². The van der Waals surface area contributed by atoms with Gasteiger partial charge in [0.1, 0.15) is 0 Å². The van der Waals surface area contributed by atoms with Crippen molar-refractivity contribution < 1.29 is 14.3 Å². The monoisotopic (exact) mass is 585 g/mol. The SMILES string of the molecule is CCc1cccc(CC)c1NC(=O)c1nn(C)c2c1CCc1cnc([As]c3ccc(C(N)=O)cc3OC)nc1-2. The third-order valence-corrected chi connectivity index (χ3v) is 9.16. The van der Waals surface area contributed by atoms with Crippen LogP contribution in [-0.4, -0.2) is 54.4 Å². The number of hydrogen-bond donors (Lipinski definition) is 2. The van der Waals surface area contributed by atoms with E-state index in [1.165, 1.54) is 0 Å². The second kappa shape index (κ2) is 11.0. The summed E-state index contributed by atoms with van der Waals surface area (Å²) in [6.07, 6.45) is 4.95. The molecule has 9 nitrogen and oxygen atoms in total. The minimum absolute atomic E-state index is 0.203. The Labute approximate surface area is 233 Å². The van der Waals surface area contributed by atoms with Crippen LogP contribution in [0.5, 0.6) is 5.75 Å². The van der Waals surface area contributed by atoms with E-state index in [1.54, 1.807) is 23.9 Å². The fourth-order valence-corrected chi connectivity index (χ4v) is 6.87. The van der Waals surface area contributed by atoms with Crippen molar-refractivity contribution in [3.8, 4) is 17.1 Å². The van der Waals surface area contributed by atoms with Gasteiger partial charge in [-0.15, -0.1) is 0 Å². The molecule has 0 spiro atoms. The Hall–Kier alpha value is -3.97. The average Bonchev–Trinajstić information content (AvgIpc) is 3.30. The molecule has 2 amide bonds. The average molecular weight is 586 g/mol. The van der Waals surface area contributed by atoms with E-state index in [-0.39, 0.29) is 5.91 Å². The number of nitrogens with one attached hydrogen (secondary N) is 1. The molecule has 199 valence electrons. The van der Waals surface area contributed by atoms with E-state index in [2.05, 4.69) is 41.4 Å². The van der Waals surface area contributed by atoms with Gasteiger partial charge in [-0.2, -0.15) is 0 Å². The van der Waals surface area contributed by atoms with E-state index < -0.39 is 21.7 Å². The van der Waals surface area contributed by atoms with E-state index in [4.69, 9.17) is 15.5 Å². The number of hydrogen-bond acceptors (Lipinski definition) is 6. The molecule has 0 bridgehead atoms. The Kier molecular flexibility index (Phi) is 7.53. The number of rotatable bonds is 8. The van der Waals surface area contributed by atoms with Crippen LogP contribution in [0, 0.1) is 0 Å². The first-order valence-electron chi connectivity index (χ1n) is 12.9. The first-order valence-corrected chi connectivity index (χ1v) is 14.8. The molecule has 0 atom stereocenters. The molecule has 0 saturated heterocycles. The summed E-state index contributed by atoms with van der Waals surface area (Å²) in [5.74, 6) is -0.119. The van der Waals surface area contributed by atoms with Gasteiger partial charge in [-0.1, -0.05) is 0 Å². The topological polar surface area (TPSA) is 125 Å². The summed E-state index contributed by atoms with van der Waals surface area (Å²) < 4.78 is 8.89. The van der Waals surface area contributed by atoms with Crippen molar-refractivity contribution in [2.75, 3.05) is 12.4 Å². The van der Waals surface area contributed by atoms with Gasteiger partial charge >= 0.3 is 234 Å². The molecule has 10 heteroatoms. The number of carbonyl (C=O) groups is 2. The molecule has 3 N–H and O–H groups in total. The van der Waals surface area contributed by atoms with Gasteiger partial charge in [0.2, 0.25) is 0 Å². The van der Waals surface area contributed by atoms with Crippen molar-refractivity contribution in [1.82, 2.24) is 19.7 Å². The Bertz CT molecular complexity index is 1570. The van der Waals surface area contributed by atoms with Crippen LogP contribution >= 0.6 is 0 Å². The number of carbonyl (C=O) groups excluding carboxylic acids is 2. The molecule has 1 aliphatic rings. The Balaban J connectivity index is 1.48. The van der Waals surface area contributed by atoms with Gasteiger partial charge in [0.15, 0.2) is 0 Å². The van der Waals surface area contributed by atoms with Crippen LogP contribution in [0.4, 0.5) is 5.69 Å². The molecule has 0 fully saturated rings. The summed E-state index contributed by atoms with van der Waals surface area (Å²) in [5.41, 5.74) is 12.9. The number of aryl methyl sites for hydroxylation is 4. The number of para-hydroxylation sites is 1. The molecular formula is C29H30AsN6O3. The van der Waals surface area contributed by atoms with E-state index in [0.29, 0.717) is 28.0 Å². The molecule has 2 heterocycles. The zero-order chi connectivity index (χ0) is 27.7. The summed E-state index contributed by atoms with van der Waals surface area (Å²) in [6, 6.07) is 11.3. The zero-order valence-electron chi connectivity index (χ0n) is 22.4. The van der Waals surface area contributed by atoms with Crippen LogP contribution < -0.4 is 24.8 Å². The van der Waals surface area contributed by atoms with Crippen molar-refractivity contribution in [2.24, 2.45) is 12.8 Å². The van der Waals surface area contributed by atoms with E-state index in [1.807, 2.05) is 25.4 Å². The van der Waals surface area contributed by atoms with Crippen LogP contribution in [0.15, 0.2) is 42.6 Å². The van der Waals surface area contributed by atoms with Crippen LogP contribution in [-0.2, 0) is 32.7 Å². The number of nitrogens with zero attached hydrogens (tertiary/aromatic N) is 4. The van der Waals surface area contributed by atoms with Gasteiger partial charge < -0.3 is 0 Å². The minimum atomic E-state index is -0.630. The summed E-state index contributed by atoms with van der Waals surface area (Å²) in [5, 5.41) is 7.82. The molecule has 2 aromatic carbocycles. The van der Waals surface area contributed by atoms with Gasteiger partial charge in [-0.3, -0.25) is 0 Å². The molecule has 39 heavy (non-hydrogen) atoms. The van der Waals surface area contributed by atoms with Gasteiger partial charge in [0.05, 0.1) is 0 Å². The molecule has 1 radical (unpaired) electrons. The van der Waals surface area contributed by atoms with Crippen molar-refractivity contribution in [1.29, 1.82) is 0 Å². The molecule has 0 aliphatic heterocycles. The molecule has 5 rings (SSSR count). The number of amides is 2. The van der Waals surface area contributed by atoms with Crippen molar-refractivity contribution >= 4 is 42.2 Å². The normalized spacial score (nSPS) is 12.3. The van der Waals surface area contributed by atoms with Gasteiger partial charge in [0, 0.05) is 0 Å². The number of anilines is 1. The molecule has 0 saturated carbocycles. The second-order valence-electron chi connectivity index (χ2n) is 9.32. The third-order valence-electron chi connectivity index (χ3n) is 7.00. The molecule has 4 aromatic rings. The number of methoxy groups -OCH3 is 1. The van der Waals surface area contributed by atoms with Crippen molar-refractivity contribution in [3.05, 3.63) is 76.1 Å². The first kappa shape index (κ1) is 26.6. The summed E-state index contributed by atoms with van der Waals surface area (Å²) >= 11 is -0.630. The Morgan fingerprint density at radius 2 is 1.87 bits per heavy atom. The van der Waals surface area contributed by atoms with Gasteiger partial charge in [0.25, 0.3) is 0 Å². The van der Waals surface area contributed by atoms with E-state index in [9.17, 15) is 9.59 Å². The van der Waals surface area contributed by atoms with Gasteiger partial charge in [-0.25, -0.2) is 0 Å². The van der Waals surface area contributed by atoms with Crippen molar-refractivity contribution in [3.63, 3.8) is 0 Å². The fourth-order valence-electron chi connectivity index (χ4n) is 4.99. The summed E-state index contributed by atoms with van der Waals surface area (Å²) in [4.78, 5) is 34.7. The number of aromatic nitrogens is 4. The van der Waals surface area contributed by atoms with Crippen LogP contribution in [0.3, 0.4) is 0 Å². The molecule has 1 aliphatic carbocycles. The maximum atomic E-state index is 13.5. The Morgan fingerprint density at radius 3 is 2.54 bits per heavy atom. The molecule has 2 aromatic heterocycles. The fraction of sp³-hybridized carbons (Fsp3) is 0.276. The zero-order valence-corrected chi connectivity index (χ0v) is 24.3. The predicted molar refractivity (Wildman–Crippen MR) is 151 cm³/mol. The molecule has 0 unspecified atom stereocenters. The second-order valence-corrected chi connectivity index (χ2v) is 11.6. The van der Waals surface area contributed by atoms with Crippen LogP contribution in [0.1, 0.15) is 56.9 Å².